The summed E-state index contributed by atoms with van der Waals surface area (Å²) in [5, 5.41) is 0. The lowest BCUT2D eigenvalue weighted by atomic mass is 9.63. The highest BCUT2D eigenvalue weighted by molar-refractivity contribution is 5.83. The number of anilines is 6. The molecule has 2 heteroatoms. The highest BCUT2D eigenvalue weighted by atomic mass is 15.1. The Balaban J connectivity index is 0.909. The Hall–Kier alpha value is -7.42. The monoisotopic (exact) mass is 826 g/mol. The molecule has 0 atom stereocenters. The van der Waals surface area contributed by atoms with Crippen LogP contribution in [-0.4, -0.2) is 0 Å². The standard InChI is InChI=1S/C62H54N2/c1-61(2)41-42-62(3,4)60-44-52(31-40-59(60)61)49-29-38-58(39-30-49)64(54-21-12-7-13-22-54)56-34-25-47(26-35-56)46-23-32-55(33-24-46)63(53-19-10-6-11-20-53)57-36-27-48(28-37-57)51-18-14-17-50(43-51)45-15-8-5-9-16-45/h5-40,43-44H,41-42H2,1-4H3. The first-order valence-corrected chi connectivity index (χ1v) is 22.6. The Kier molecular flexibility index (Phi) is 10.8. The molecule has 312 valence electrons. The number of para-hydroxylation sites is 2. The summed E-state index contributed by atoms with van der Waals surface area (Å²) < 4.78 is 0. The van der Waals surface area contributed by atoms with E-state index in [-0.39, 0.29) is 10.8 Å². The van der Waals surface area contributed by atoms with E-state index in [0.29, 0.717) is 0 Å². The van der Waals surface area contributed by atoms with Gasteiger partial charge in [0.25, 0.3) is 0 Å². The van der Waals surface area contributed by atoms with E-state index in [4.69, 9.17) is 0 Å². The van der Waals surface area contributed by atoms with Crippen molar-refractivity contribution < 1.29 is 0 Å². The molecule has 2 nitrogen and oxygen atoms in total. The van der Waals surface area contributed by atoms with Crippen LogP contribution in [0.25, 0.3) is 44.5 Å². The Morgan fingerprint density at radius 2 is 0.531 bits per heavy atom. The number of fused-ring (bicyclic) bond motifs is 1. The van der Waals surface area contributed by atoms with Crippen LogP contribution in [0.4, 0.5) is 34.1 Å². The van der Waals surface area contributed by atoms with Gasteiger partial charge in [-0.05, 0) is 158 Å². The fraction of sp³-hybridized carbons (Fsp3) is 0.129. The minimum absolute atomic E-state index is 0.173. The smallest absolute Gasteiger partial charge is 0.0462 e. The molecule has 1 aliphatic rings. The predicted molar refractivity (Wildman–Crippen MR) is 273 cm³/mol. The number of benzene rings is 9. The Labute approximate surface area is 379 Å². The second-order valence-corrected chi connectivity index (χ2v) is 18.5. The molecule has 64 heavy (non-hydrogen) atoms. The molecule has 0 aromatic heterocycles. The predicted octanol–water partition coefficient (Wildman–Crippen LogP) is 17.6. The molecular weight excluding hydrogens is 773 g/mol. The lowest BCUT2D eigenvalue weighted by Crippen LogP contribution is -2.33. The summed E-state index contributed by atoms with van der Waals surface area (Å²) in [7, 11) is 0. The molecule has 1 aliphatic carbocycles. The first-order chi connectivity index (χ1) is 31.2. The normalized spacial score (nSPS) is 13.8. The van der Waals surface area contributed by atoms with Crippen molar-refractivity contribution in [3.05, 3.63) is 242 Å². The highest BCUT2D eigenvalue weighted by Crippen LogP contribution is 2.47. The second kappa shape index (κ2) is 17.0. The maximum Gasteiger partial charge on any atom is 0.0462 e. The zero-order valence-electron chi connectivity index (χ0n) is 37.2. The van der Waals surface area contributed by atoms with Gasteiger partial charge < -0.3 is 9.80 Å². The average molecular weight is 827 g/mol. The van der Waals surface area contributed by atoms with Gasteiger partial charge in [-0.15, -0.1) is 0 Å². The maximum atomic E-state index is 2.45. The number of hydrogen-bond acceptors (Lipinski definition) is 2. The summed E-state index contributed by atoms with van der Waals surface area (Å²) in [4.78, 5) is 4.67. The van der Waals surface area contributed by atoms with E-state index in [0.717, 1.165) is 34.1 Å². The first kappa shape index (κ1) is 40.6. The van der Waals surface area contributed by atoms with Crippen molar-refractivity contribution in [1.29, 1.82) is 0 Å². The van der Waals surface area contributed by atoms with E-state index in [1.54, 1.807) is 0 Å². The number of nitrogens with zero attached hydrogens (tertiary/aromatic N) is 2. The van der Waals surface area contributed by atoms with Crippen molar-refractivity contribution in [2.45, 2.75) is 51.4 Å². The Bertz CT molecular complexity index is 2990. The summed E-state index contributed by atoms with van der Waals surface area (Å²) in [5.41, 5.74) is 19.8. The van der Waals surface area contributed by atoms with Crippen LogP contribution in [0.1, 0.15) is 51.7 Å². The molecule has 0 spiro atoms. The third kappa shape index (κ3) is 8.16. The highest BCUT2D eigenvalue weighted by Gasteiger charge is 2.37. The van der Waals surface area contributed by atoms with Crippen LogP contribution in [0, 0.1) is 0 Å². The van der Waals surface area contributed by atoms with Crippen molar-refractivity contribution in [2.75, 3.05) is 9.80 Å². The van der Waals surface area contributed by atoms with Crippen molar-refractivity contribution in [3.8, 4) is 44.5 Å². The van der Waals surface area contributed by atoms with Gasteiger partial charge in [-0.3, -0.25) is 0 Å². The van der Waals surface area contributed by atoms with E-state index in [2.05, 4.69) is 268 Å². The summed E-state index contributed by atoms with van der Waals surface area (Å²) in [5.74, 6) is 0. The Morgan fingerprint density at radius 1 is 0.250 bits per heavy atom. The van der Waals surface area contributed by atoms with E-state index in [9.17, 15) is 0 Å². The van der Waals surface area contributed by atoms with Crippen LogP contribution in [0.15, 0.2) is 231 Å². The van der Waals surface area contributed by atoms with E-state index in [1.807, 2.05) is 0 Å². The molecule has 9 aromatic rings. The summed E-state index contributed by atoms with van der Waals surface area (Å²) in [6, 6.07) is 83.7. The third-order valence-electron chi connectivity index (χ3n) is 13.4. The molecule has 0 aliphatic heterocycles. The van der Waals surface area contributed by atoms with E-state index >= 15 is 0 Å². The van der Waals surface area contributed by atoms with E-state index in [1.165, 1.54) is 68.5 Å². The third-order valence-corrected chi connectivity index (χ3v) is 13.4. The fourth-order valence-corrected chi connectivity index (χ4v) is 9.54. The molecule has 10 rings (SSSR count). The summed E-state index contributed by atoms with van der Waals surface area (Å²) >= 11 is 0. The molecule has 0 saturated heterocycles. The van der Waals surface area contributed by atoms with Gasteiger partial charge in [0.15, 0.2) is 0 Å². The van der Waals surface area contributed by atoms with Gasteiger partial charge in [-0.1, -0.05) is 179 Å². The molecular formula is C62H54N2. The van der Waals surface area contributed by atoms with Crippen LogP contribution in [-0.2, 0) is 10.8 Å². The topological polar surface area (TPSA) is 6.48 Å². The zero-order chi connectivity index (χ0) is 43.7. The average Bonchev–Trinajstić information content (AvgIpc) is 3.35. The van der Waals surface area contributed by atoms with Gasteiger partial charge in [0.1, 0.15) is 0 Å². The van der Waals surface area contributed by atoms with E-state index < -0.39 is 0 Å². The fourth-order valence-electron chi connectivity index (χ4n) is 9.54. The summed E-state index contributed by atoms with van der Waals surface area (Å²) in [6.45, 7) is 9.59. The largest absolute Gasteiger partial charge is 0.311 e. The first-order valence-electron chi connectivity index (χ1n) is 22.6. The van der Waals surface area contributed by atoms with Crippen LogP contribution >= 0.6 is 0 Å². The maximum absolute atomic E-state index is 2.45. The van der Waals surface area contributed by atoms with Crippen molar-refractivity contribution in [2.24, 2.45) is 0 Å². The minimum atomic E-state index is 0.173. The van der Waals surface area contributed by atoms with Gasteiger partial charge >= 0.3 is 0 Å². The van der Waals surface area contributed by atoms with Crippen molar-refractivity contribution in [1.82, 2.24) is 0 Å². The van der Waals surface area contributed by atoms with Crippen molar-refractivity contribution >= 4 is 34.1 Å². The molecule has 0 radical (unpaired) electrons. The van der Waals surface area contributed by atoms with Crippen LogP contribution in [0.2, 0.25) is 0 Å². The molecule has 0 N–H and O–H groups in total. The molecule has 0 bridgehead atoms. The van der Waals surface area contributed by atoms with Crippen LogP contribution in [0.5, 0.6) is 0 Å². The van der Waals surface area contributed by atoms with Crippen LogP contribution < -0.4 is 9.80 Å². The molecule has 0 heterocycles. The second-order valence-electron chi connectivity index (χ2n) is 18.5. The molecule has 0 fully saturated rings. The Morgan fingerprint density at radius 3 is 0.938 bits per heavy atom. The van der Waals surface area contributed by atoms with Crippen LogP contribution in [0.3, 0.4) is 0 Å². The lowest BCUT2D eigenvalue weighted by molar-refractivity contribution is 0.332. The molecule has 0 unspecified atom stereocenters. The molecule has 0 amide bonds. The van der Waals surface area contributed by atoms with Gasteiger partial charge in [0.05, 0.1) is 0 Å². The number of rotatable bonds is 10. The van der Waals surface area contributed by atoms with Gasteiger partial charge in [0, 0.05) is 34.1 Å². The number of hydrogen-bond donors (Lipinski definition) is 0. The lowest BCUT2D eigenvalue weighted by Gasteiger charge is -2.42. The van der Waals surface area contributed by atoms with Crippen molar-refractivity contribution in [3.63, 3.8) is 0 Å². The quantitative estimate of drug-likeness (QED) is 0.136. The molecule has 9 aromatic carbocycles. The van der Waals surface area contributed by atoms with Gasteiger partial charge in [-0.25, -0.2) is 0 Å². The minimum Gasteiger partial charge on any atom is -0.311 e. The van der Waals surface area contributed by atoms with Gasteiger partial charge in [0.2, 0.25) is 0 Å². The van der Waals surface area contributed by atoms with Gasteiger partial charge in [-0.2, -0.15) is 0 Å². The SMILES string of the molecule is CC1(C)CCC(C)(C)c2cc(-c3ccc(N(c4ccccc4)c4ccc(-c5ccc(N(c6ccccc6)c6ccc(-c7cccc(-c8ccccc8)c7)cc6)cc5)cc4)cc3)ccc21. The molecule has 0 saturated carbocycles. The summed E-state index contributed by atoms with van der Waals surface area (Å²) in [6.07, 6.45) is 2.43. The zero-order valence-corrected chi connectivity index (χ0v) is 37.2.